The molecule has 9 nitrogen and oxygen atoms in total. The minimum atomic E-state index is -4.34. The van der Waals surface area contributed by atoms with E-state index in [2.05, 4.69) is 4.90 Å². The topological polar surface area (TPSA) is 110 Å². The standard InChI is InChI=1S/C18H19N3O6S/c1-14(22)19-10-12-20(13-11-19)15-6-8-16(9-7-15)27-28(25,26)18-5-3-2-4-17(18)21(23)24/h2-9H,10-13H2,1H3. The number of carbonyl (C=O) groups is 1. The molecule has 0 atom stereocenters. The van der Waals surface area contributed by atoms with Gasteiger partial charge in [-0.2, -0.15) is 8.42 Å². The van der Waals surface area contributed by atoms with Gasteiger partial charge in [0.25, 0.3) is 5.69 Å². The van der Waals surface area contributed by atoms with Gasteiger partial charge < -0.3 is 14.0 Å². The monoisotopic (exact) mass is 405 g/mol. The maximum atomic E-state index is 12.4. The van der Waals surface area contributed by atoms with Crippen molar-refractivity contribution in [2.24, 2.45) is 0 Å². The number of nitrogens with zero attached hydrogens (tertiary/aromatic N) is 3. The third-order valence-electron chi connectivity index (χ3n) is 4.46. The number of rotatable bonds is 5. The first-order valence-corrected chi connectivity index (χ1v) is 9.97. The molecule has 0 unspecified atom stereocenters. The molecule has 0 spiro atoms. The van der Waals surface area contributed by atoms with Crippen LogP contribution < -0.4 is 9.08 Å². The Morgan fingerprint density at radius 1 is 1.04 bits per heavy atom. The smallest absolute Gasteiger partial charge is 0.346 e. The van der Waals surface area contributed by atoms with Gasteiger partial charge in [-0.25, -0.2) is 0 Å². The van der Waals surface area contributed by atoms with Gasteiger partial charge in [0.1, 0.15) is 5.75 Å². The van der Waals surface area contributed by atoms with E-state index in [0.717, 1.165) is 17.8 Å². The number of hydrogen-bond donors (Lipinski definition) is 0. The average molecular weight is 405 g/mol. The lowest BCUT2D eigenvalue weighted by Gasteiger charge is -2.35. The largest absolute Gasteiger partial charge is 0.379 e. The van der Waals surface area contributed by atoms with E-state index in [4.69, 9.17) is 4.18 Å². The number of carbonyl (C=O) groups excluding carboxylic acids is 1. The van der Waals surface area contributed by atoms with Crippen molar-refractivity contribution in [1.82, 2.24) is 4.90 Å². The highest BCUT2D eigenvalue weighted by Gasteiger charge is 2.27. The number of piperazine rings is 1. The van der Waals surface area contributed by atoms with Gasteiger partial charge >= 0.3 is 10.1 Å². The number of anilines is 1. The molecule has 148 valence electrons. The van der Waals surface area contributed by atoms with E-state index in [1.165, 1.54) is 24.3 Å². The quantitative estimate of drug-likeness (QED) is 0.425. The maximum Gasteiger partial charge on any atom is 0.346 e. The zero-order valence-corrected chi connectivity index (χ0v) is 16.0. The van der Waals surface area contributed by atoms with E-state index in [-0.39, 0.29) is 11.7 Å². The second-order valence-electron chi connectivity index (χ2n) is 6.25. The lowest BCUT2D eigenvalue weighted by atomic mass is 10.2. The summed E-state index contributed by atoms with van der Waals surface area (Å²) in [5.41, 5.74) is 0.334. The van der Waals surface area contributed by atoms with Crippen LogP contribution in [-0.4, -0.2) is 50.3 Å². The zero-order valence-electron chi connectivity index (χ0n) is 15.1. The van der Waals surface area contributed by atoms with Crippen molar-refractivity contribution in [1.29, 1.82) is 0 Å². The third-order valence-corrected chi connectivity index (χ3v) is 5.76. The predicted octanol–water partition coefficient (Wildman–Crippen LogP) is 2.03. The van der Waals surface area contributed by atoms with Crippen molar-refractivity contribution in [2.75, 3.05) is 31.1 Å². The highest BCUT2D eigenvalue weighted by atomic mass is 32.2. The molecule has 10 heteroatoms. The molecule has 0 aromatic heterocycles. The molecule has 2 aromatic rings. The molecule has 1 aliphatic rings. The summed E-state index contributed by atoms with van der Waals surface area (Å²) in [6, 6.07) is 11.5. The van der Waals surface area contributed by atoms with Gasteiger partial charge in [-0.15, -0.1) is 0 Å². The average Bonchev–Trinajstić information content (AvgIpc) is 2.68. The summed E-state index contributed by atoms with van der Waals surface area (Å²) in [5.74, 6) is 0.105. The van der Waals surface area contributed by atoms with Crippen LogP contribution in [0.4, 0.5) is 11.4 Å². The third kappa shape index (κ3) is 4.22. The van der Waals surface area contributed by atoms with Crippen molar-refractivity contribution in [3.05, 3.63) is 58.6 Å². The number of nitro benzene ring substituents is 1. The van der Waals surface area contributed by atoms with Crippen molar-refractivity contribution >= 4 is 27.4 Å². The molecule has 1 heterocycles. The molecule has 1 aliphatic heterocycles. The van der Waals surface area contributed by atoms with Crippen molar-refractivity contribution < 1.29 is 22.3 Å². The van der Waals surface area contributed by atoms with E-state index in [1.54, 1.807) is 24.0 Å². The molecule has 0 saturated carbocycles. The first-order chi connectivity index (χ1) is 13.3. The SMILES string of the molecule is CC(=O)N1CCN(c2ccc(OS(=O)(=O)c3ccccc3[N+](=O)[O-])cc2)CC1. The van der Waals surface area contributed by atoms with Crippen LogP contribution in [-0.2, 0) is 14.9 Å². The minimum Gasteiger partial charge on any atom is -0.379 e. The normalized spacial score (nSPS) is 14.6. The molecule has 0 aliphatic carbocycles. The first kappa shape index (κ1) is 19.6. The van der Waals surface area contributed by atoms with Crippen LogP contribution >= 0.6 is 0 Å². The van der Waals surface area contributed by atoms with Crippen LogP contribution in [0.3, 0.4) is 0 Å². The van der Waals surface area contributed by atoms with Gasteiger partial charge in [-0.3, -0.25) is 14.9 Å². The number of para-hydroxylation sites is 1. The second kappa shape index (κ2) is 7.85. The summed E-state index contributed by atoms with van der Waals surface area (Å²) in [7, 11) is -4.34. The maximum absolute atomic E-state index is 12.4. The molecule has 1 amide bonds. The van der Waals surface area contributed by atoms with Crippen molar-refractivity contribution in [3.8, 4) is 5.75 Å². The van der Waals surface area contributed by atoms with Gasteiger partial charge in [0, 0.05) is 44.9 Å². The van der Waals surface area contributed by atoms with Crippen LogP contribution in [0, 0.1) is 10.1 Å². The zero-order chi connectivity index (χ0) is 20.3. The first-order valence-electron chi connectivity index (χ1n) is 8.56. The van der Waals surface area contributed by atoms with Gasteiger partial charge in [-0.1, -0.05) is 12.1 Å². The Bertz CT molecular complexity index is 983. The Balaban J connectivity index is 1.73. The summed E-state index contributed by atoms with van der Waals surface area (Å²) in [6.07, 6.45) is 0. The molecule has 0 radical (unpaired) electrons. The second-order valence-corrected chi connectivity index (χ2v) is 7.76. The molecule has 0 N–H and O–H groups in total. The van der Waals surface area contributed by atoms with E-state index < -0.39 is 25.6 Å². The molecular formula is C18H19N3O6S. The lowest BCUT2D eigenvalue weighted by molar-refractivity contribution is -0.387. The molecule has 3 rings (SSSR count). The molecule has 1 saturated heterocycles. The molecule has 1 fully saturated rings. The summed E-state index contributed by atoms with van der Waals surface area (Å²) >= 11 is 0. The van der Waals surface area contributed by atoms with Crippen LogP contribution in [0.5, 0.6) is 5.75 Å². The highest BCUT2D eigenvalue weighted by molar-refractivity contribution is 7.87. The van der Waals surface area contributed by atoms with E-state index in [1.807, 2.05) is 0 Å². The van der Waals surface area contributed by atoms with Crippen LogP contribution in [0.15, 0.2) is 53.4 Å². The van der Waals surface area contributed by atoms with E-state index >= 15 is 0 Å². The molecule has 28 heavy (non-hydrogen) atoms. The lowest BCUT2D eigenvalue weighted by Crippen LogP contribution is -2.48. The Labute approximate surface area is 162 Å². The molecular weight excluding hydrogens is 386 g/mol. The fourth-order valence-electron chi connectivity index (χ4n) is 2.98. The number of nitro groups is 1. The molecule has 2 aromatic carbocycles. The number of benzene rings is 2. The van der Waals surface area contributed by atoms with Gasteiger partial charge in [0.05, 0.1) is 4.92 Å². The highest BCUT2D eigenvalue weighted by Crippen LogP contribution is 2.28. The van der Waals surface area contributed by atoms with Crippen molar-refractivity contribution in [2.45, 2.75) is 11.8 Å². The van der Waals surface area contributed by atoms with Gasteiger partial charge in [-0.05, 0) is 30.3 Å². The molecule has 0 bridgehead atoms. The fraction of sp³-hybridized carbons (Fsp3) is 0.278. The Kier molecular flexibility index (Phi) is 5.50. The predicted molar refractivity (Wildman–Crippen MR) is 102 cm³/mol. The van der Waals surface area contributed by atoms with Crippen LogP contribution in [0.2, 0.25) is 0 Å². The Hall–Kier alpha value is -3.14. The van der Waals surface area contributed by atoms with E-state index in [0.29, 0.717) is 26.2 Å². The number of amides is 1. The van der Waals surface area contributed by atoms with Gasteiger partial charge in [0.2, 0.25) is 5.91 Å². The summed E-state index contributed by atoms with van der Waals surface area (Å²) in [5, 5.41) is 11.1. The fourth-order valence-corrected chi connectivity index (χ4v) is 4.08. The summed E-state index contributed by atoms with van der Waals surface area (Å²) < 4.78 is 29.9. The Morgan fingerprint density at radius 2 is 1.64 bits per heavy atom. The van der Waals surface area contributed by atoms with Gasteiger partial charge in [0.15, 0.2) is 4.90 Å². The summed E-state index contributed by atoms with van der Waals surface area (Å²) in [4.78, 5) is 25.1. The van der Waals surface area contributed by atoms with Crippen LogP contribution in [0.1, 0.15) is 6.92 Å². The van der Waals surface area contributed by atoms with Crippen LogP contribution in [0.25, 0.3) is 0 Å². The Morgan fingerprint density at radius 3 is 2.21 bits per heavy atom. The van der Waals surface area contributed by atoms with Crippen molar-refractivity contribution in [3.63, 3.8) is 0 Å². The van der Waals surface area contributed by atoms with E-state index in [9.17, 15) is 23.3 Å². The minimum absolute atomic E-state index is 0.0450. The summed E-state index contributed by atoms with van der Waals surface area (Å²) in [6.45, 7) is 4.14. The number of hydrogen-bond acceptors (Lipinski definition) is 7.